The van der Waals surface area contributed by atoms with Crippen LogP contribution in [0.2, 0.25) is 0 Å². The Labute approximate surface area is 115 Å². The molecule has 1 rings (SSSR count). The summed E-state index contributed by atoms with van der Waals surface area (Å²) >= 11 is 0. The number of rotatable bonds is 10. The van der Waals surface area contributed by atoms with Gasteiger partial charge in [0.2, 0.25) is 0 Å². The van der Waals surface area contributed by atoms with Crippen LogP contribution in [0, 0.1) is 5.92 Å². The minimum absolute atomic E-state index is 0.835. The lowest BCUT2D eigenvalue weighted by Gasteiger charge is -2.29. The Hall–Kier alpha value is -0.0800. The molecule has 0 atom stereocenters. The Morgan fingerprint density at radius 2 is 1.83 bits per heavy atom. The molecule has 0 aliphatic heterocycles. The van der Waals surface area contributed by atoms with Crippen LogP contribution in [0.4, 0.5) is 0 Å². The van der Waals surface area contributed by atoms with Crippen molar-refractivity contribution in [3.8, 4) is 0 Å². The van der Waals surface area contributed by atoms with E-state index in [0.29, 0.717) is 0 Å². The molecule has 18 heavy (non-hydrogen) atoms. The summed E-state index contributed by atoms with van der Waals surface area (Å²) in [6.45, 7) is 11.9. The van der Waals surface area contributed by atoms with Gasteiger partial charge < -0.3 is 5.32 Å². The highest BCUT2D eigenvalue weighted by Crippen LogP contribution is 2.23. The van der Waals surface area contributed by atoms with Gasteiger partial charge in [-0.05, 0) is 44.7 Å². The predicted molar refractivity (Wildman–Crippen MR) is 81.1 cm³/mol. The first-order valence-corrected chi connectivity index (χ1v) is 8.18. The van der Waals surface area contributed by atoms with Crippen LogP contribution in [0.25, 0.3) is 0 Å². The van der Waals surface area contributed by atoms with Crippen molar-refractivity contribution in [3.63, 3.8) is 0 Å². The van der Waals surface area contributed by atoms with Crippen molar-refractivity contribution in [2.24, 2.45) is 5.92 Å². The fourth-order valence-corrected chi connectivity index (χ4v) is 2.82. The zero-order valence-corrected chi connectivity index (χ0v) is 12.9. The molecule has 2 nitrogen and oxygen atoms in total. The van der Waals surface area contributed by atoms with E-state index in [1.807, 2.05) is 0 Å². The van der Waals surface area contributed by atoms with E-state index < -0.39 is 0 Å². The van der Waals surface area contributed by atoms with Gasteiger partial charge in [0.05, 0.1) is 0 Å². The van der Waals surface area contributed by atoms with Crippen LogP contribution in [0.15, 0.2) is 0 Å². The molecular weight excluding hydrogens is 220 g/mol. The molecule has 108 valence electrons. The van der Waals surface area contributed by atoms with Crippen molar-refractivity contribution < 1.29 is 0 Å². The average molecular weight is 254 g/mol. The highest BCUT2D eigenvalue weighted by Gasteiger charge is 2.21. The Kier molecular flexibility index (Phi) is 8.70. The van der Waals surface area contributed by atoms with E-state index in [2.05, 4.69) is 31.0 Å². The first-order valence-electron chi connectivity index (χ1n) is 8.18. The van der Waals surface area contributed by atoms with Gasteiger partial charge in [-0.2, -0.15) is 0 Å². The van der Waals surface area contributed by atoms with Gasteiger partial charge >= 0.3 is 0 Å². The summed E-state index contributed by atoms with van der Waals surface area (Å²) in [6, 6.07) is 0.886. The molecule has 0 aromatic heterocycles. The lowest BCUT2D eigenvalue weighted by atomic mass is 10.1. The maximum Gasteiger partial charge on any atom is 0.0110 e. The largest absolute Gasteiger partial charge is 0.315 e. The molecule has 0 heterocycles. The quantitative estimate of drug-likeness (QED) is 0.598. The van der Waals surface area contributed by atoms with E-state index in [-0.39, 0.29) is 0 Å². The lowest BCUT2D eigenvalue weighted by molar-refractivity contribution is 0.188. The maximum atomic E-state index is 3.59. The van der Waals surface area contributed by atoms with Gasteiger partial charge in [-0.1, -0.05) is 40.0 Å². The van der Waals surface area contributed by atoms with E-state index in [4.69, 9.17) is 0 Å². The topological polar surface area (TPSA) is 15.3 Å². The summed E-state index contributed by atoms with van der Waals surface area (Å²) in [5.41, 5.74) is 0. The number of nitrogens with zero attached hydrogens (tertiary/aromatic N) is 1. The second-order valence-corrected chi connectivity index (χ2v) is 6.26. The number of unbranched alkanes of at least 4 members (excludes halogenated alkanes) is 1. The summed E-state index contributed by atoms with van der Waals surface area (Å²) < 4.78 is 0. The standard InChI is InChI=1S/C16H34N2/c1-4-5-11-17-12-14-18(13-10-15(2)3)16-8-6-7-9-16/h15-17H,4-14H2,1-3H3. The molecule has 1 fully saturated rings. The minimum atomic E-state index is 0.835. The normalized spacial score (nSPS) is 17.2. The molecule has 0 aromatic carbocycles. The zero-order chi connectivity index (χ0) is 13.2. The maximum absolute atomic E-state index is 3.59. The van der Waals surface area contributed by atoms with E-state index in [0.717, 1.165) is 12.0 Å². The summed E-state index contributed by atoms with van der Waals surface area (Å²) in [4.78, 5) is 2.76. The zero-order valence-electron chi connectivity index (χ0n) is 12.9. The predicted octanol–water partition coefficient (Wildman–Crippen LogP) is 3.67. The smallest absolute Gasteiger partial charge is 0.0110 e. The summed E-state index contributed by atoms with van der Waals surface area (Å²) in [5, 5.41) is 3.59. The summed E-state index contributed by atoms with van der Waals surface area (Å²) in [5.74, 6) is 0.835. The van der Waals surface area contributed by atoms with Crippen molar-refractivity contribution in [3.05, 3.63) is 0 Å². The SMILES string of the molecule is CCCCNCCN(CCC(C)C)C1CCCC1. The Bertz CT molecular complexity index is 186. The van der Waals surface area contributed by atoms with Crippen molar-refractivity contribution >= 4 is 0 Å². The molecule has 0 aromatic rings. The minimum Gasteiger partial charge on any atom is -0.315 e. The molecule has 1 aliphatic rings. The van der Waals surface area contributed by atoms with Gasteiger partial charge in [-0.3, -0.25) is 4.90 Å². The van der Waals surface area contributed by atoms with Gasteiger partial charge in [0, 0.05) is 19.1 Å². The van der Waals surface area contributed by atoms with Gasteiger partial charge in [0.25, 0.3) is 0 Å². The van der Waals surface area contributed by atoms with Crippen molar-refractivity contribution in [1.82, 2.24) is 10.2 Å². The fraction of sp³-hybridized carbons (Fsp3) is 1.00. The van der Waals surface area contributed by atoms with Gasteiger partial charge in [0.15, 0.2) is 0 Å². The second kappa shape index (κ2) is 9.80. The van der Waals surface area contributed by atoms with E-state index in [9.17, 15) is 0 Å². The van der Waals surface area contributed by atoms with Gasteiger partial charge in [0.1, 0.15) is 0 Å². The van der Waals surface area contributed by atoms with Crippen LogP contribution in [0.3, 0.4) is 0 Å². The number of hydrogen-bond acceptors (Lipinski definition) is 2. The van der Waals surface area contributed by atoms with Crippen LogP contribution in [-0.4, -0.2) is 37.1 Å². The van der Waals surface area contributed by atoms with Gasteiger partial charge in [-0.15, -0.1) is 0 Å². The van der Waals surface area contributed by atoms with Crippen molar-refractivity contribution in [2.45, 2.75) is 71.8 Å². The third-order valence-electron chi connectivity index (χ3n) is 4.12. The average Bonchev–Trinajstić information content (AvgIpc) is 2.86. The first-order chi connectivity index (χ1) is 8.74. The van der Waals surface area contributed by atoms with Crippen molar-refractivity contribution in [1.29, 1.82) is 0 Å². The van der Waals surface area contributed by atoms with Crippen LogP contribution in [-0.2, 0) is 0 Å². The second-order valence-electron chi connectivity index (χ2n) is 6.26. The Balaban J connectivity index is 2.20. The Morgan fingerprint density at radius 3 is 2.44 bits per heavy atom. The third-order valence-corrected chi connectivity index (χ3v) is 4.12. The van der Waals surface area contributed by atoms with Crippen LogP contribution < -0.4 is 5.32 Å². The molecule has 0 radical (unpaired) electrons. The molecule has 1 saturated carbocycles. The van der Waals surface area contributed by atoms with E-state index in [1.165, 1.54) is 71.1 Å². The lowest BCUT2D eigenvalue weighted by Crippen LogP contribution is -2.39. The third kappa shape index (κ3) is 6.75. The molecule has 0 saturated heterocycles. The number of nitrogens with one attached hydrogen (secondary N) is 1. The monoisotopic (exact) mass is 254 g/mol. The van der Waals surface area contributed by atoms with Crippen LogP contribution >= 0.6 is 0 Å². The number of hydrogen-bond donors (Lipinski definition) is 1. The Morgan fingerprint density at radius 1 is 1.11 bits per heavy atom. The molecule has 0 amide bonds. The van der Waals surface area contributed by atoms with E-state index >= 15 is 0 Å². The molecule has 1 N–H and O–H groups in total. The summed E-state index contributed by atoms with van der Waals surface area (Å²) in [7, 11) is 0. The first kappa shape index (κ1) is 16.0. The molecule has 0 bridgehead atoms. The fourth-order valence-electron chi connectivity index (χ4n) is 2.82. The summed E-state index contributed by atoms with van der Waals surface area (Å²) in [6.07, 6.45) is 9.74. The molecule has 1 aliphatic carbocycles. The molecule has 2 heteroatoms. The van der Waals surface area contributed by atoms with E-state index in [1.54, 1.807) is 0 Å². The van der Waals surface area contributed by atoms with Gasteiger partial charge in [-0.25, -0.2) is 0 Å². The van der Waals surface area contributed by atoms with Crippen LogP contribution in [0.5, 0.6) is 0 Å². The highest BCUT2D eigenvalue weighted by molar-refractivity contribution is 4.78. The van der Waals surface area contributed by atoms with Crippen molar-refractivity contribution in [2.75, 3.05) is 26.2 Å². The molecular formula is C16H34N2. The van der Waals surface area contributed by atoms with Crippen LogP contribution in [0.1, 0.15) is 65.7 Å². The molecule has 0 spiro atoms. The molecule has 0 unspecified atom stereocenters. The highest BCUT2D eigenvalue weighted by atomic mass is 15.2.